The summed E-state index contributed by atoms with van der Waals surface area (Å²) in [5.74, 6) is 2.45. The molecule has 3 heteroatoms. The van der Waals surface area contributed by atoms with Gasteiger partial charge in [0.15, 0.2) is 0 Å². The molecule has 3 aliphatic rings. The molecule has 4 atom stereocenters. The van der Waals surface area contributed by atoms with Crippen molar-refractivity contribution in [3.05, 3.63) is 0 Å². The predicted molar refractivity (Wildman–Crippen MR) is 76.8 cm³/mol. The van der Waals surface area contributed by atoms with Crippen LogP contribution in [0.15, 0.2) is 0 Å². The Kier molecular flexibility index (Phi) is 3.59. The van der Waals surface area contributed by atoms with E-state index < -0.39 is 0 Å². The molecule has 1 saturated heterocycles. The SMILES string of the molecule is CC(C)(C(=O)NC1CC2CCC1C2)C1CCCNC1. The van der Waals surface area contributed by atoms with Gasteiger partial charge >= 0.3 is 0 Å². The van der Waals surface area contributed by atoms with Gasteiger partial charge in [0.1, 0.15) is 0 Å². The topological polar surface area (TPSA) is 41.1 Å². The van der Waals surface area contributed by atoms with E-state index in [0.29, 0.717) is 17.9 Å². The second-order valence-electron chi connectivity index (χ2n) is 7.52. The van der Waals surface area contributed by atoms with Gasteiger partial charge < -0.3 is 10.6 Å². The first-order valence-electron chi connectivity index (χ1n) is 8.09. The summed E-state index contributed by atoms with van der Waals surface area (Å²) in [6.45, 7) is 6.37. The molecule has 19 heavy (non-hydrogen) atoms. The van der Waals surface area contributed by atoms with E-state index in [-0.39, 0.29) is 5.41 Å². The van der Waals surface area contributed by atoms with E-state index in [2.05, 4.69) is 24.5 Å². The van der Waals surface area contributed by atoms with Gasteiger partial charge in [-0.1, -0.05) is 20.3 Å². The normalized spacial score (nSPS) is 38.4. The smallest absolute Gasteiger partial charge is 0.226 e. The Bertz CT molecular complexity index is 347. The van der Waals surface area contributed by atoms with Crippen molar-refractivity contribution in [2.24, 2.45) is 23.2 Å². The van der Waals surface area contributed by atoms with Crippen LogP contribution in [-0.4, -0.2) is 25.0 Å². The van der Waals surface area contributed by atoms with E-state index in [1.54, 1.807) is 0 Å². The van der Waals surface area contributed by atoms with E-state index in [1.807, 2.05) is 0 Å². The van der Waals surface area contributed by atoms with Gasteiger partial charge in [-0.3, -0.25) is 4.79 Å². The summed E-state index contributed by atoms with van der Waals surface area (Å²) in [6, 6.07) is 0.474. The molecule has 3 rings (SSSR count). The average molecular weight is 264 g/mol. The highest BCUT2D eigenvalue weighted by atomic mass is 16.2. The van der Waals surface area contributed by atoms with E-state index >= 15 is 0 Å². The highest BCUT2D eigenvalue weighted by Crippen LogP contribution is 2.45. The molecule has 2 saturated carbocycles. The summed E-state index contributed by atoms with van der Waals surface area (Å²) in [7, 11) is 0. The molecule has 1 amide bonds. The molecule has 1 aliphatic heterocycles. The molecular formula is C16H28N2O. The molecule has 0 aromatic carbocycles. The first kappa shape index (κ1) is 13.4. The van der Waals surface area contributed by atoms with Gasteiger partial charge in [0, 0.05) is 11.5 Å². The van der Waals surface area contributed by atoms with Crippen LogP contribution in [0, 0.1) is 23.2 Å². The van der Waals surface area contributed by atoms with Crippen LogP contribution in [0.3, 0.4) is 0 Å². The third-order valence-electron chi connectivity index (χ3n) is 5.96. The predicted octanol–water partition coefficient (Wildman–Crippen LogP) is 2.32. The molecule has 0 spiro atoms. The minimum Gasteiger partial charge on any atom is -0.353 e. The second kappa shape index (κ2) is 5.08. The van der Waals surface area contributed by atoms with Crippen molar-refractivity contribution in [2.45, 2.75) is 58.4 Å². The Hall–Kier alpha value is -0.570. The molecule has 4 unspecified atom stereocenters. The Labute approximate surface area is 116 Å². The summed E-state index contributed by atoms with van der Waals surface area (Å²) in [4.78, 5) is 12.7. The fourth-order valence-electron chi connectivity index (χ4n) is 4.43. The molecule has 2 N–H and O–H groups in total. The zero-order chi connectivity index (χ0) is 13.5. The van der Waals surface area contributed by atoms with Gasteiger partial charge in [0.25, 0.3) is 0 Å². The number of carbonyl (C=O) groups is 1. The maximum absolute atomic E-state index is 12.7. The lowest BCUT2D eigenvalue weighted by Gasteiger charge is -2.37. The minimum atomic E-state index is -0.227. The highest BCUT2D eigenvalue weighted by Gasteiger charge is 2.43. The summed E-state index contributed by atoms with van der Waals surface area (Å²) >= 11 is 0. The average Bonchev–Trinajstić information content (AvgIpc) is 3.02. The van der Waals surface area contributed by atoms with Gasteiger partial charge in [-0.15, -0.1) is 0 Å². The first-order chi connectivity index (χ1) is 9.07. The van der Waals surface area contributed by atoms with Gasteiger partial charge in [-0.25, -0.2) is 0 Å². The van der Waals surface area contributed by atoms with Crippen molar-refractivity contribution in [2.75, 3.05) is 13.1 Å². The lowest BCUT2D eigenvalue weighted by atomic mass is 9.74. The molecule has 1 heterocycles. The molecule has 2 bridgehead atoms. The fourth-order valence-corrected chi connectivity index (χ4v) is 4.43. The monoisotopic (exact) mass is 264 g/mol. The largest absolute Gasteiger partial charge is 0.353 e. The molecule has 3 nitrogen and oxygen atoms in total. The molecular weight excluding hydrogens is 236 g/mol. The number of nitrogens with one attached hydrogen (secondary N) is 2. The first-order valence-corrected chi connectivity index (χ1v) is 8.09. The van der Waals surface area contributed by atoms with Crippen molar-refractivity contribution in [1.29, 1.82) is 0 Å². The van der Waals surface area contributed by atoms with Gasteiger partial charge in [-0.2, -0.15) is 0 Å². The minimum absolute atomic E-state index is 0.227. The van der Waals surface area contributed by atoms with Gasteiger partial charge in [0.05, 0.1) is 0 Å². The number of fused-ring (bicyclic) bond motifs is 2. The van der Waals surface area contributed by atoms with Crippen LogP contribution in [0.5, 0.6) is 0 Å². The van der Waals surface area contributed by atoms with Crippen LogP contribution >= 0.6 is 0 Å². The summed E-state index contributed by atoms with van der Waals surface area (Å²) < 4.78 is 0. The van der Waals surface area contributed by atoms with Crippen LogP contribution in [0.2, 0.25) is 0 Å². The zero-order valence-electron chi connectivity index (χ0n) is 12.4. The molecule has 0 aromatic rings. The highest BCUT2D eigenvalue weighted by molar-refractivity contribution is 5.82. The van der Waals surface area contributed by atoms with E-state index in [1.165, 1.54) is 38.5 Å². The Morgan fingerprint density at radius 1 is 1.21 bits per heavy atom. The lowest BCUT2D eigenvalue weighted by molar-refractivity contribution is -0.133. The van der Waals surface area contributed by atoms with Crippen LogP contribution in [-0.2, 0) is 4.79 Å². The van der Waals surface area contributed by atoms with E-state index in [0.717, 1.165) is 24.9 Å². The van der Waals surface area contributed by atoms with Crippen LogP contribution in [0.4, 0.5) is 0 Å². The Morgan fingerprint density at radius 3 is 2.63 bits per heavy atom. The van der Waals surface area contributed by atoms with Crippen molar-refractivity contribution in [1.82, 2.24) is 10.6 Å². The van der Waals surface area contributed by atoms with Crippen LogP contribution in [0.1, 0.15) is 52.4 Å². The third kappa shape index (κ3) is 2.54. The Balaban J connectivity index is 1.59. The fraction of sp³-hybridized carbons (Fsp3) is 0.938. The molecule has 2 aliphatic carbocycles. The molecule has 0 aromatic heterocycles. The van der Waals surface area contributed by atoms with Crippen molar-refractivity contribution in [3.8, 4) is 0 Å². The quantitative estimate of drug-likeness (QED) is 0.821. The van der Waals surface area contributed by atoms with E-state index in [4.69, 9.17) is 0 Å². The standard InChI is InChI=1S/C16H28N2O/c1-16(2,13-4-3-7-17-10-13)15(19)18-14-9-11-5-6-12(14)8-11/h11-14,17H,3-10H2,1-2H3,(H,18,19). The zero-order valence-corrected chi connectivity index (χ0v) is 12.4. The van der Waals surface area contributed by atoms with Crippen LogP contribution in [0.25, 0.3) is 0 Å². The van der Waals surface area contributed by atoms with Gasteiger partial charge in [0.2, 0.25) is 5.91 Å². The maximum Gasteiger partial charge on any atom is 0.226 e. The number of hydrogen-bond acceptors (Lipinski definition) is 2. The summed E-state index contributed by atoms with van der Waals surface area (Å²) in [6.07, 6.45) is 7.71. The van der Waals surface area contributed by atoms with Crippen molar-refractivity contribution >= 4 is 5.91 Å². The number of piperidine rings is 1. The van der Waals surface area contributed by atoms with E-state index in [9.17, 15) is 4.79 Å². The summed E-state index contributed by atoms with van der Waals surface area (Å²) in [5, 5.41) is 6.82. The number of carbonyl (C=O) groups excluding carboxylic acids is 1. The maximum atomic E-state index is 12.7. The van der Waals surface area contributed by atoms with Crippen LogP contribution < -0.4 is 10.6 Å². The molecule has 108 valence electrons. The van der Waals surface area contributed by atoms with Crippen molar-refractivity contribution in [3.63, 3.8) is 0 Å². The molecule has 3 fully saturated rings. The Morgan fingerprint density at radius 2 is 2.05 bits per heavy atom. The van der Waals surface area contributed by atoms with Crippen molar-refractivity contribution < 1.29 is 4.79 Å². The number of rotatable bonds is 3. The number of amides is 1. The second-order valence-corrected chi connectivity index (χ2v) is 7.52. The number of hydrogen-bond donors (Lipinski definition) is 2. The third-order valence-corrected chi connectivity index (χ3v) is 5.96. The molecule has 0 radical (unpaired) electrons. The van der Waals surface area contributed by atoms with Gasteiger partial charge in [-0.05, 0) is 62.9 Å². The summed E-state index contributed by atoms with van der Waals surface area (Å²) in [5.41, 5.74) is -0.227. The lowest BCUT2D eigenvalue weighted by Crippen LogP contribution is -2.50.